The van der Waals surface area contributed by atoms with Gasteiger partial charge in [0.15, 0.2) is 0 Å². The maximum atomic E-state index is 12.0. The van der Waals surface area contributed by atoms with E-state index in [9.17, 15) is 4.79 Å². The minimum absolute atomic E-state index is 0.212. The first-order valence-electron chi connectivity index (χ1n) is 6.22. The van der Waals surface area contributed by atoms with Gasteiger partial charge in [0.2, 0.25) is 5.91 Å². The first-order chi connectivity index (χ1) is 9.11. The average Bonchev–Trinajstić information content (AvgIpc) is 2.38. The number of amides is 1. The summed E-state index contributed by atoms with van der Waals surface area (Å²) in [5.41, 5.74) is 7.10. The molecule has 1 aromatic heterocycles. The second-order valence-corrected chi connectivity index (χ2v) is 4.85. The molecule has 19 heavy (non-hydrogen) atoms. The number of nitrogens with two attached hydrogens (primary N) is 1. The predicted octanol–water partition coefficient (Wildman–Crippen LogP) is 2.95. The van der Waals surface area contributed by atoms with Gasteiger partial charge in [0.25, 0.3) is 0 Å². The number of benzene rings is 1. The number of pyridine rings is 1. The molecule has 0 saturated heterocycles. The quantitative estimate of drug-likeness (QED) is 0.903. The van der Waals surface area contributed by atoms with E-state index in [1.54, 1.807) is 12.3 Å². The van der Waals surface area contributed by atoms with E-state index < -0.39 is 6.04 Å². The van der Waals surface area contributed by atoms with Crippen LogP contribution in [0.2, 0.25) is 5.02 Å². The molecule has 2 rings (SSSR count). The van der Waals surface area contributed by atoms with E-state index in [0.717, 1.165) is 11.8 Å². The van der Waals surface area contributed by atoms with Crippen LogP contribution in [-0.2, 0) is 4.79 Å². The number of carbonyl (C=O) groups excluding carboxylic acids is 1. The lowest BCUT2D eigenvalue weighted by Crippen LogP contribution is -2.35. The first kappa shape index (κ1) is 13.8. The molecule has 0 aliphatic carbocycles. The van der Waals surface area contributed by atoms with E-state index in [1.165, 1.54) is 0 Å². The van der Waals surface area contributed by atoms with Gasteiger partial charge < -0.3 is 11.1 Å². The Balaban J connectivity index is 2.32. The van der Waals surface area contributed by atoms with Gasteiger partial charge in [0.05, 0.1) is 17.2 Å². The van der Waals surface area contributed by atoms with Crippen molar-refractivity contribution in [1.82, 2.24) is 4.98 Å². The number of hydrogen-bond acceptors (Lipinski definition) is 3. The first-order valence-corrected chi connectivity index (χ1v) is 6.60. The number of hydrogen-bond donors (Lipinski definition) is 2. The zero-order chi connectivity index (χ0) is 13.8. The molecule has 1 aromatic carbocycles. The fourth-order valence-electron chi connectivity index (χ4n) is 1.92. The molecule has 0 unspecified atom stereocenters. The van der Waals surface area contributed by atoms with Crippen LogP contribution in [-0.4, -0.2) is 16.9 Å². The van der Waals surface area contributed by atoms with E-state index in [0.29, 0.717) is 22.6 Å². The van der Waals surface area contributed by atoms with E-state index >= 15 is 0 Å². The topological polar surface area (TPSA) is 68.0 Å². The number of rotatable bonds is 4. The highest BCUT2D eigenvalue weighted by molar-refractivity contribution is 6.32. The van der Waals surface area contributed by atoms with Crippen molar-refractivity contribution in [3.05, 3.63) is 35.5 Å². The summed E-state index contributed by atoms with van der Waals surface area (Å²) in [6, 6.07) is 6.71. The molecule has 100 valence electrons. The van der Waals surface area contributed by atoms with Crippen LogP contribution in [0.1, 0.15) is 19.8 Å². The Morgan fingerprint density at radius 3 is 3.05 bits per heavy atom. The molecule has 1 atom stereocenters. The summed E-state index contributed by atoms with van der Waals surface area (Å²) < 4.78 is 0. The number of fused-ring (bicyclic) bond motifs is 1. The van der Waals surface area contributed by atoms with Gasteiger partial charge in [-0.25, -0.2) is 0 Å². The third kappa shape index (κ3) is 3.22. The number of nitrogens with one attached hydrogen (secondary N) is 1. The summed E-state index contributed by atoms with van der Waals surface area (Å²) in [5, 5.41) is 4.24. The number of anilines is 1. The smallest absolute Gasteiger partial charge is 0.241 e. The summed E-state index contributed by atoms with van der Waals surface area (Å²) in [6.45, 7) is 1.99. The van der Waals surface area contributed by atoms with Gasteiger partial charge >= 0.3 is 0 Å². The summed E-state index contributed by atoms with van der Waals surface area (Å²) in [4.78, 5) is 16.2. The van der Waals surface area contributed by atoms with Crippen molar-refractivity contribution < 1.29 is 4.79 Å². The minimum atomic E-state index is -0.511. The Hall–Kier alpha value is -1.65. The van der Waals surface area contributed by atoms with Crippen LogP contribution in [0.3, 0.4) is 0 Å². The Bertz CT molecular complexity index is 600. The van der Waals surface area contributed by atoms with E-state index in [1.807, 2.05) is 25.1 Å². The average molecular weight is 278 g/mol. The fourth-order valence-corrected chi connectivity index (χ4v) is 2.15. The largest absolute Gasteiger partial charge is 0.323 e. The molecule has 0 aliphatic rings. The van der Waals surface area contributed by atoms with Crippen molar-refractivity contribution in [2.45, 2.75) is 25.8 Å². The Morgan fingerprint density at radius 1 is 1.53 bits per heavy atom. The van der Waals surface area contributed by atoms with Crippen LogP contribution in [0.15, 0.2) is 30.5 Å². The van der Waals surface area contributed by atoms with E-state index in [2.05, 4.69) is 10.3 Å². The van der Waals surface area contributed by atoms with Crippen molar-refractivity contribution >= 4 is 34.1 Å². The van der Waals surface area contributed by atoms with Crippen LogP contribution in [0.4, 0.5) is 5.69 Å². The summed E-state index contributed by atoms with van der Waals surface area (Å²) in [7, 11) is 0. The Kier molecular flexibility index (Phi) is 4.35. The molecule has 4 nitrogen and oxygen atoms in total. The summed E-state index contributed by atoms with van der Waals surface area (Å²) >= 11 is 6.04. The van der Waals surface area contributed by atoms with E-state index in [-0.39, 0.29) is 5.91 Å². The molecule has 0 saturated carbocycles. The molecular formula is C14H16ClN3O. The van der Waals surface area contributed by atoms with Crippen LogP contribution in [0, 0.1) is 0 Å². The molecule has 0 aliphatic heterocycles. The second-order valence-electron chi connectivity index (χ2n) is 4.41. The molecule has 0 spiro atoms. The predicted molar refractivity (Wildman–Crippen MR) is 78.3 cm³/mol. The van der Waals surface area contributed by atoms with E-state index in [4.69, 9.17) is 17.3 Å². The maximum Gasteiger partial charge on any atom is 0.241 e. The van der Waals surface area contributed by atoms with Gasteiger partial charge in [-0.1, -0.05) is 31.0 Å². The molecule has 0 bridgehead atoms. The van der Waals surface area contributed by atoms with Crippen molar-refractivity contribution in [3.8, 4) is 0 Å². The number of halogens is 1. The second kappa shape index (κ2) is 5.99. The monoisotopic (exact) mass is 277 g/mol. The number of carbonyl (C=O) groups is 1. The highest BCUT2D eigenvalue weighted by atomic mass is 35.5. The lowest BCUT2D eigenvalue weighted by Gasteiger charge is -2.13. The normalized spacial score (nSPS) is 12.4. The van der Waals surface area contributed by atoms with Crippen molar-refractivity contribution in [2.75, 3.05) is 5.32 Å². The van der Waals surface area contributed by atoms with Crippen molar-refractivity contribution in [2.24, 2.45) is 5.73 Å². The Morgan fingerprint density at radius 2 is 2.32 bits per heavy atom. The van der Waals surface area contributed by atoms with Gasteiger partial charge in [0, 0.05) is 16.6 Å². The van der Waals surface area contributed by atoms with Crippen LogP contribution >= 0.6 is 11.6 Å². The van der Waals surface area contributed by atoms with Crippen LogP contribution < -0.4 is 11.1 Å². The van der Waals surface area contributed by atoms with Crippen molar-refractivity contribution in [1.29, 1.82) is 0 Å². The van der Waals surface area contributed by atoms with Crippen molar-refractivity contribution in [3.63, 3.8) is 0 Å². The molecule has 0 fully saturated rings. The SMILES string of the molecule is CCC[C@@H](N)C(=O)Nc1cc(Cl)cc2cccnc12. The number of aromatic nitrogens is 1. The molecule has 1 heterocycles. The van der Waals surface area contributed by atoms with Gasteiger partial charge in [-0.2, -0.15) is 0 Å². The summed E-state index contributed by atoms with van der Waals surface area (Å²) in [5.74, 6) is -0.212. The molecule has 5 heteroatoms. The molecule has 1 amide bonds. The lowest BCUT2D eigenvalue weighted by atomic mass is 10.1. The summed E-state index contributed by atoms with van der Waals surface area (Å²) in [6.07, 6.45) is 3.19. The minimum Gasteiger partial charge on any atom is -0.323 e. The highest BCUT2D eigenvalue weighted by Crippen LogP contribution is 2.26. The highest BCUT2D eigenvalue weighted by Gasteiger charge is 2.14. The standard InChI is InChI=1S/C14H16ClN3O/c1-2-4-11(16)14(19)18-12-8-10(15)7-9-5-3-6-17-13(9)12/h3,5-8,11H,2,4,16H2,1H3,(H,18,19)/t11-/m1/s1. The number of nitrogens with zero attached hydrogens (tertiary/aromatic N) is 1. The van der Waals surface area contributed by atoms with Gasteiger partial charge in [0.1, 0.15) is 0 Å². The molecule has 3 N–H and O–H groups in total. The van der Waals surface area contributed by atoms with Crippen LogP contribution in [0.5, 0.6) is 0 Å². The fraction of sp³-hybridized carbons (Fsp3) is 0.286. The van der Waals surface area contributed by atoms with Gasteiger partial charge in [-0.3, -0.25) is 9.78 Å². The van der Waals surface area contributed by atoms with Crippen LogP contribution in [0.25, 0.3) is 10.9 Å². The molecule has 2 aromatic rings. The van der Waals surface area contributed by atoms with Gasteiger partial charge in [-0.15, -0.1) is 0 Å². The third-order valence-corrected chi connectivity index (χ3v) is 3.08. The lowest BCUT2D eigenvalue weighted by molar-refractivity contribution is -0.117. The Labute approximate surface area is 117 Å². The zero-order valence-electron chi connectivity index (χ0n) is 10.7. The van der Waals surface area contributed by atoms with Gasteiger partial charge in [-0.05, 0) is 24.6 Å². The zero-order valence-corrected chi connectivity index (χ0v) is 11.4. The third-order valence-electron chi connectivity index (χ3n) is 2.86. The molecule has 0 radical (unpaired) electrons. The maximum absolute atomic E-state index is 12.0. The molecular weight excluding hydrogens is 262 g/mol.